The number of aliphatic hydroxyl groups is 1. The van der Waals surface area contributed by atoms with E-state index in [1.165, 1.54) is 6.08 Å². The second-order valence-electron chi connectivity index (χ2n) is 4.55. The summed E-state index contributed by atoms with van der Waals surface area (Å²) in [5.41, 5.74) is 0. The number of ether oxygens (including phenoxy) is 1. The fourth-order valence-corrected chi connectivity index (χ4v) is 1.85. The SMILES string of the molecule is CCCC(O)C(=O)C=CCC1OC(=O)CC1C. The third kappa shape index (κ3) is 4.30. The highest BCUT2D eigenvalue weighted by Crippen LogP contribution is 2.24. The first-order valence-electron chi connectivity index (χ1n) is 6.12. The molecule has 0 aromatic carbocycles. The standard InChI is InChI=1S/C13H20O4/c1-3-5-10(14)11(15)6-4-7-12-9(2)8-13(16)17-12/h4,6,9-10,12,14H,3,5,7-8H2,1-2H3. The molecule has 0 saturated carbocycles. The Hall–Kier alpha value is -1.16. The van der Waals surface area contributed by atoms with Crippen molar-refractivity contribution in [3.63, 3.8) is 0 Å². The average Bonchev–Trinajstić information content (AvgIpc) is 2.57. The first-order valence-corrected chi connectivity index (χ1v) is 6.12. The lowest BCUT2D eigenvalue weighted by molar-refractivity contribution is -0.141. The zero-order chi connectivity index (χ0) is 12.8. The molecule has 0 amide bonds. The van der Waals surface area contributed by atoms with E-state index in [9.17, 15) is 14.7 Å². The van der Waals surface area contributed by atoms with Gasteiger partial charge in [0.25, 0.3) is 0 Å². The average molecular weight is 240 g/mol. The van der Waals surface area contributed by atoms with Gasteiger partial charge in [-0.2, -0.15) is 0 Å². The van der Waals surface area contributed by atoms with Crippen LogP contribution in [0.1, 0.15) is 39.5 Å². The van der Waals surface area contributed by atoms with Crippen LogP contribution in [0.4, 0.5) is 0 Å². The number of esters is 1. The molecule has 0 aromatic heterocycles. The predicted molar refractivity (Wildman–Crippen MR) is 63.3 cm³/mol. The third-order valence-corrected chi connectivity index (χ3v) is 2.95. The second-order valence-corrected chi connectivity index (χ2v) is 4.55. The summed E-state index contributed by atoms with van der Waals surface area (Å²) >= 11 is 0. The number of hydrogen-bond donors (Lipinski definition) is 1. The molecule has 0 aliphatic carbocycles. The van der Waals surface area contributed by atoms with Crippen LogP contribution in [0.5, 0.6) is 0 Å². The smallest absolute Gasteiger partial charge is 0.306 e. The minimum absolute atomic E-state index is 0.130. The van der Waals surface area contributed by atoms with Gasteiger partial charge in [0.1, 0.15) is 12.2 Å². The van der Waals surface area contributed by atoms with Crippen LogP contribution in [-0.2, 0) is 14.3 Å². The highest BCUT2D eigenvalue weighted by Gasteiger charge is 2.30. The molecule has 1 fully saturated rings. The van der Waals surface area contributed by atoms with Crippen LogP contribution in [0.2, 0.25) is 0 Å². The van der Waals surface area contributed by atoms with Crippen LogP contribution in [0.25, 0.3) is 0 Å². The Labute approximate surface area is 102 Å². The predicted octanol–water partition coefficient (Wildman–Crippen LogP) is 1.61. The molecule has 1 saturated heterocycles. The molecule has 0 aromatic rings. The molecule has 4 heteroatoms. The van der Waals surface area contributed by atoms with E-state index >= 15 is 0 Å². The number of cyclic esters (lactones) is 1. The van der Waals surface area contributed by atoms with E-state index < -0.39 is 6.10 Å². The molecule has 1 aliphatic heterocycles. The Morgan fingerprint density at radius 1 is 1.65 bits per heavy atom. The van der Waals surface area contributed by atoms with Gasteiger partial charge in [0, 0.05) is 12.3 Å². The molecule has 4 nitrogen and oxygen atoms in total. The lowest BCUT2D eigenvalue weighted by atomic mass is 10.0. The number of carbonyl (C=O) groups excluding carboxylic acids is 2. The zero-order valence-electron chi connectivity index (χ0n) is 10.4. The molecule has 1 aliphatic rings. The maximum absolute atomic E-state index is 11.4. The molecule has 3 unspecified atom stereocenters. The molecular weight excluding hydrogens is 220 g/mol. The van der Waals surface area contributed by atoms with Crippen LogP contribution >= 0.6 is 0 Å². The lowest BCUT2D eigenvalue weighted by Crippen LogP contribution is -2.18. The first kappa shape index (κ1) is 13.9. The fourth-order valence-electron chi connectivity index (χ4n) is 1.85. The zero-order valence-corrected chi connectivity index (χ0v) is 10.4. The number of aliphatic hydroxyl groups excluding tert-OH is 1. The molecule has 3 atom stereocenters. The normalized spacial score (nSPS) is 26.2. The monoisotopic (exact) mass is 240 g/mol. The van der Waals surface area contributed by atoms with Crippen molar-refractivity contribution in [2.24, 2.45) is 5.92 Å². The third-order valence-electron chi connectivity index (χ3n) is 2.95. The summed E-state index contributed by atoms with van der Waals surface area (Å²) in [4.78, 5) is 22.4. The van der Waals surface area contributed by atoms with Gasteiger partial charge >= 0.3 is 5.97 Å². The molecule has 1 N–H and O–H groups in total. The Morgan fingerprint density at radius 2 is 2.35 bits per heavy atom. The fraction of sp³-hybridized carbons (Fsp3) is 0.692. The van der Waals surface area contributed by atoms with E-state index in [1.807, 2.05) is 13.8 Å². The van der Waals surface area contributed by atoms with Gasteiger partial charge in [-0.05, 0) is 12.5 Å². The van der Waals surface area contributed by atoms with Gasteiger partial charge in [0.2, 0.25) is 0 Å². The topological polar surface area (TPSA) is 63.6 Å². The number of rotatable bonds is 6. The summed E-state index contributed by atoms with van der Waals surface area (Å²) in [6, 6.07) is 0. The lowest BCUT2D eigenvalue weighted by Gasteiger charge is -2.10. The summed E-state index contributed by atoms with van der Waals surface area (Å²) in [5, 5.41) is 9.42. The summed E-state index contributed by atoms with van der Waals surface area (Å²) in [5.74, 6) is -0.250. The van der Waals surface area contributed by atoms with E-state index in [4.69, 9.17) is 4.74 Å². The van der Waals surface area contributed by atoms with Crippen molar-refractivity contribution in [1.29, 1.82) is 0 Å². The van der Waals surface area contributed by atoms with E-state index in [0.717, 1.165) is 6.42 Å². The molecule has 0 radical (unpaired) electrons. The number of carbonyl (C=O) groups is 2. The quantitative estimate of drug-likeness (QED) is 0.566. The molecule has 0 spiro atoms. The second kappa shape index (κ2) is 6.55. The summed E-state index contributed by atoms with van der Waals surface area (Å²) < 4.78 is 5.10. The highest BCUT2D eigenvalue weighted by atomic mass is 16.5. The molecule has 0 bridgehead atoms. The highest BCUT2D eigenvalue weighted by molar-refractivity contribution is 5.93. The maximum Gasteiger partial charge on any atom is 0.306 e. The summed E-state index contributed by atoms with van der Waals surface area (Å²) in [6.07, 6.45) is 4.29. The Kier molecular flexibility index (Phi) is 5.35. The number of hydrogen-bond acceptors (Lipinski definition) is 4. The molecule has 1 rings (SSSR count). The van der Waals surface area contributed by atoms with E-state index in [-0.39, 0.29) is 23.8 Å². The minimum Gasteiger partial charge on any atom is -0.462 e. The Bertz CT molecular complexity index is 309. The molecule has 17 heavy (non-hydrogen) atoms. The van der Waals surface area contributed by atoms with Crippen LogP contribution in [0.15, 0.2) is 12.2 Å². The molecular formula is C13H20O4. The van der Waals surface area contributed by atoms with Crippen molar-refractivity contribution >= 4 is 11.8 Å². The Morgan fingerprint density at radius 3 is 2.88 bits per heavy atom. The van der Waals surface area contributed by atoms with Crippen molar-refractivity contribution in [2.45, 2.75) is 51.7 Å². The van der Waals surface area contributed by atoms with Gasteiger partial charge in [0.15, 0.2) is 5.78 Å². The van der Waals surface area contributed by atoms with Gasteiger partial charge in [-0.3, -0.25) is 9.59 Å². The first-order chi connectivity index (χ1) is 8.04. The van der Waals surface area contributed by atoms with Gasteiger partial charge in [0.05, 0.1) is 6.42 Å². The minimum atomic E-state index is -0.903. The van der Waals surface area contributed by atoms with Crippen molar-refractivity contribution in [2.75, 3.05) is 0 Å². The van der Waals surface area contributed by atoms with Crippen molar-refractivity contribution < 1.29 is 19.4 Å². The van der Waals surface area contributed by atoms with Crippen molar-refractivity contribution in [3.05, 3.63) is 12.2 Å². The van der Waals surface area contributed by atoms with E-state index in [0.29, 0.717) is 19.3 Å². The van der Waals surface area contributed by atoms with E-state index in [1.54, 1.807) is 6.08 Å². The molecule has 1 heterocycles. The van der Waals surface area contributed by atoms with Crippen LogP contribution < -0.4 is 0 Å². The molecule has 96 valence electrons. The van der Waals surface area contributed by atoms with Crippen molar-refractivity contribution in [1.82, 2.24) is 0 Å². The van der Waals surface area contributed by atoms with Crippen molar-refractivity contribution in [3.8, 4) is 0 Å². The largest absolute Gasteiger partial charge is 0.462 e. The summed E-state index contributed by atoms with van der Waals surface area (Å²) in [7, 11) is 0. The van der Waals surface area contributed by atoms with Gasteiger partial charge in [-0.1, -0.05) is 26.3 Å². The van der Waals surface area contributed by atoms with Gasteiger partial charge in [-0.25, -0.2) is 0 Å². The summed E-state index contributed by atoms with van der Waals surface area (Å²) in [6.45, 7) is 3.87. The number of ketones is 1. The van der Waals surface area contributed by atoms with E-state index in [2.05, 4.69) is 0 Å². The van der Waals surface area contributed by atoms with Crippen LogP contribution in [0.3, 0.4) is 0 Å². The van der Waals surface area contributed by atoms with Crippen LogP contribution in [0, 0.1) is 5.92 Å². The maximum atomic E-state index is 11.4. The van der Waals surface area contributed by atoms with Gasteiger partial charge < -0.3 is 9.84 Å². The van der Waals surface area contributed by atoms with Crippen LogP contribution in [-0.4, -0.2) is 29.1 Å². The van der Waals surface area contributed by atoms with Gasteiger partial charge in [-0.15, -0.1) is 0 Å². The Balaban J connectivity index is 2.35.